The second kappa shape index (κ2) is 6.99. The van der Waals surface area contributed by atoms with Gasteiger partial charge in [0, 0.05) is 24.2 Å². The lowest BCUT2D eigenvalue weighted by Gasteiger charge is -2.00. The van der Waals surface area contributed by atoms with Crippen molar-refractivity contribution in [1.82, 2.24) is 24.5 Å². The van der Waals surface area contributed by atoms with E-state index >= 15 is 0 Å². The van der Waals surface area contributed by atoms with Gasteiger partial charge in [0.15, 0.2) is 6.39 Å². The second-order valence-corrected chi connectivity index (χ2v) is 8.67. The Morgan fingerprint density at radius 3 is 2.72 bits per heavy atom. The van der Waals surface area contributed by atoms with E-state index in [1.54, 1.807) is 16.7 Å². The molecule has 13 heteroatoms. The highest BCUT2D eigenvalue weighted by Crippen LogP contribution is 2.29. The largest absolute Gasteiger partial charge is 0.471 e. The molecule has 152 valence electrons. The van der Waals surface area contributed by atoms with Crippen LogP contribution in [0.4, 0.5) is 13.2 Å². The third kappa shape index (κ3) is 4.29. The number of aromatic nitrogens is 5. The summed E-state index contributed by atoms with van der Waals surface area (Å²) in [5.74, 6) is -1.45. The highest BCUT2D eigenvalue weighted by molar-refractivity contribution is 7.92. The zero-order chi connectivity index (χ0) is 20.6. The minimum absolute atomic E-state index is 0.102. The van der Waals surface area contributed by atoms with E-state index in [4.69, 9.17) is 4.42 Å². The number of hydrogen-bond acceptors (Lipinski definition) is 8. The van der Waals surface area contributed by atoms with Crippen LogP contribution >= 0.6 is 0 Å². The monoisotopic (exact) mass is 426 g/mol. The normalized spacial score (nSPS) is 14.2. The van der Waals surface area contributed by atoms with E-state index in [1.807, 2.05) is 0 Å². The summed E-state index contributed by atoms with van der Waals surface area (Å²) in [5.41, 5.74) is 1.95. The molecule has 4 aromatic rings. The molecule has 0 saturated carbocycles. The third-order valence-electron chi connectivity index (χ3n) is 3.83. The zero-order valence-electron chi connectivity index (χ0n) is 14.8. The molecule has 1 atom stereocenters. The summed E-state index contributed by atoms with van der Waals surface area (Å²) in [5, 5.41) is 3.36. The summed E-state index contributed by atoms with van der Waals surface area (Å²) in [6.45, 7) is 0.102. The van der Waals surface area contributed by atoms with Crippen molar-refractivity contribution in [2.75, 3.05) is 6.26 Å². The lowest BCUT2D eigenvalue weighted by molar-refractivity contribution is -0.159. The lowest BCUT2D eigenvalue weighted by atomic mass is 10.3. The molecule has 0 amide bonds. The number of pyridine rings is 1. The second-order valence-electron chi connectivity index (χ2n) is 6.21. The van der Waals surface area contributed by atoms with Crippen LogP contribution in [0.25, 0.3) is 17.0 Å². The first-order valence-corrected chi connectivity index (χ1v) is 10.2. The van der Waals surface area contributed by atoms with Gasteiger partial charge in [0.25, 0.3) is 0 Å². The highest BCUT2D eigenvalue weighted by Gasteiger charge is 2.38. The summed E-state index contributed by atoms with van der Waals surface area (Å²) in [4.78, 5) is 11.7. The van der Waals surface area contributed by atoms with Crippen LogP contribution in [0.15, 0.2) is 50.5 Å². The Hall–Kier alpha value is -3.22. The number of rotatable bonds is 5. The van der Waals surface area contributed by atoms with Crippen molar-refractivity contribution in [2.45, 2.75) is 18.5 Å². The van der Waals surface area contributed by atoms with E-state index < -0.39 is 21.8 Å². The fourth-order valence-corrected chi connectivity index (χ4v) is 3.73. The van der Waals surface area contributed by atoms with Crippen molar-refractivity contribution >= 4 is 15.4 Å². The summed E-state index contributed by atoms with van der Waals surface area (Å²) >= 11 is 0. The van der Waals surface area contributed by atoms with Gasteiger partial charge in [-0.25, -0.2) is 18.5 Å². The molecule has 0 saturated heterocycles. The third-order valence-corrected chi connectivity index (χ3v) is 5.33. The van der Waals surface area contributed by atoms with Crippen molar-refractivity contribution in [2.24, 2.45) is 4.36 Å². The van der Waals surface area contributed by atoms with E-state index in [9.17, 15) is 17.4 Å². The lowest BCUT2D eigenvalue weighted by Crippen LogP contribution is -2.04. The molecule has 0 aliphatic carbocycles. The van der Waals surface area contributed by atoms with Crippen LogP contribution in [0.5, 0.6) is 0 Å². The number of fused-ring (bicyclic) bond motifs is 1. The first-order chi connectivity index (χ1) is 13.7. The Balaban J connectivity index is 1.56. The maximum Gasteiger partial charge on any atom is 0.471 e. The van der Waals surface area contributed by atoms with Crippen molar-refractivity contribution in [1.29, 1.82) is 0 Å². The van der Waals surface area contributed by atoms with Crippen LogP contribution in [0.2, 0.25) is 0 Å². The van der Waals surface area contributed by atoms with E-state index in [1.165, 1.54) is 31.2 Å². The van der Waals surface area contributed by atoms with Crippen molar-refractivity contribution < 1.29 is 26.3 Å². The maximum absolute atomic E-state index is 12.6. The minimum atomic E-state index is -4.71. The van der Waals surface area contributed by atoms with Gasteiger partial charge in [0.05, 0.1) is 33.4 Å². The van der Waals surface area contributed by atoms with Crippen molar-refractivity contribution in [3.8, 4) is 11.4 Å². The van der Waals surface area contributed by atoms with Gasteiger partial charge >= 0.3 is 12.1 Å². The first kappa shape index (κ1) is 19.1. The van der Waals surface area contributed by atoms with E-state index in [2.05, 4.69) is 29.0 Å². The van der Waals surface area contributed by atoms with Gasteiger partial charge in [-0.2, -0.15) is 18.2 Å². The topological polar surface area (TPSA) is 112 Å². The molecule has 0 spiro atoms. The predicted octanol–water partition coefficient (Wildman–Crippen LogP) is 3.19. The summed E-state index contributed by atoms with van der Waals surface area (Å²) in [7, 11) is -2.54. The average Bonchev–Trinajstić information content (AvgIpc) is 3.38. The van der Waals surface area contributed by atoms with Gasteiger partial charge in [-0.1, -0.05) is 5.16 Å². The Kier molecular flexibility index (Phi) is 4.61. The Bertz CT molecular complexity index is 1270. The van der Waals surface area contributed by atoms with Gasteiger partial charge in [-0.15, -0.1) is 0 Å². The Morgan fingerprint density at radius 1 is 1.21 bits per heavy atom. The molecule has 0 radical (unpaired) electrons. The molecule has 4 heterocycles. The number of hydrogen-bond donors (Lipinski definition) is 0. The Morgan fingerprint density at radius 2 is 2.03 bits per heavy atom. The summed E-state index contributed by atoms with van der Waals surface area (Å²) in [6, 6.07) is 3.13. The molecule has 4 aromatic heterocycles. The number of alkyl halides is 3. The molecule has 0 aromatic carbocycles. The maximum atomic E-state index is 12.6. The predicted molar refractivity (Wildman–Crippen MR) is 93.9 cm³/mol. The van der Waals surface area contributed by atoms with Gasteiger partial charge < -0.3 is 13.3 Å². The van der Waals surface area contributed by atoms with Crippen LogP contribution in [-0.4, -0.2) is 35.0 Å². The molecule has 0 aliphatic heterocycles. The average molecular weight is 426 g/mol. The van der Waals surface area contributed by atoms with Crippen LogP contribution in [0.3, 0.4) is 0 Å². The smallest absolute Gasteiger partial charge is 0.451 e. The molecule has 29 heavy (non-hydrogen) atoms. The molecule has 0 fully saturated rings. The molecular weight excluding hydrogens is 413 g/mol. The number of imidazole rings is 1. The van der Waals surface area contributed by atoms with E-state index in [0.717, 1.165) is 0 Å². The van der Waals surface area contributed by atoms with Gasteiger partial charge in [-0.3, -0.25) is 0 Å². The van der Waals surface area contributed by atoms with Crippen LogP contribution < -0.4 is 0 Å². The van der Waals surface area contributed by atoms with E-state index in [-0.39, 0.29) is 18.1 Å². The summed E-state index contributed by atoms with van der Waals surface area (Å²) in [6.07, 6.45) is 2.63. The number of oxazole rings is 1. The standard InChI is InChI=1S/C16H13F3N6O3S/c1-29(26,8-12-7-27-9-20-12)21-4-11-6-25-5-10(2-3-13(25)22-11)14-23-15(28-24-14)16(17,18)19/h2-3,5-7,9H,4,8H2,1H3. The molecule has 0 aliphatic rings. The highest BCUT2D eigenvalue weighted by atomic mass is 32.2. The van der Waals surface area contributed by atoms with Gasteiger partial charge in [0.2, 0.25) is 5.82 Å². The van der Waals surface area contributed by atoms with Gasteiger partial charge in [0.1, 0.15) is 11.9 Å². The van der Waals surface area contributed by atoms with Gasteiger partial charge in [-0.05, 0) is 12.1 Å². The van der Waals surface area contributed by atoms with Crippen LogP contribution in [-0.2, 0) is 28.2 Å². The van der Waals surface area contributed by atoms with Crippen molar-refractivity contribution in [3.63, 3.8) is 0 Å². The first-order valence-electron chi connectivity index (χ1n) is 8.11. The molecule has 0 N–H and O–H groups in total. The fraction of sp³-hybridized carbons (Fsp3) is 0.250. The van der Waals surface area contributed by atoms with E-state index in [0.29, 0.717) is 22.6 Å². The molecular formula is C16H13F3N6O3S. The zero-order valence-corrected chi connectivity index (χ0v) is 15.6. The van der Waals surface area contributed by atoms with Crippen LogP contribution in [0.1, 0.15) is 17.3 Å². The molecule has 0 bridgehead atoms. The number of nitrogens with zero attached hydrogens (tertiary/aromatic N) is 6. The summed E-state index contributed by atoms with van der Waals surface area (Å²) < 4.78 is 65.3. The quantitative estimate of drug-likeness (QED) is 0.482. The fourth-order valence-electron chi connectivity index (χ4n) is 2.54. The van der Waals surface area contributed by atoms with Crippen LogP contribution in [0, 0.1) is 0 Å². The molecule has 4 rings (SSSR count). The molecule has 9 nitrogen and oxygen atoms in total. The SMILES string of the molecule is CS(=O)(Cc1cocn1)=NCc1cn2cc(-c3noc(C(F)(F)F)n3)ccc2n1. The molecule has 1 unspecified atom stereocenters. The Labute approximate surface area is 161 Å². The van der Waals surface area contributed by atoms with Crippen molar-refractivity contribution in [3.05, 3.63) is 54.5 Å². The minimum Gasteiger partial charge on any atom is -0.451 e. The number of halogens is 3.